The van der Waals surface area contributed by atoms with Gasteiger partial charge in [0.05, 0.1) is 11.5 Å². The lowest BCUT2D eigenvalue weighted by molar-refractivity contribution is -0.185. The van der Waals surface area contributed by atoms with Crippen LogP contribution in [0.15, 0.2) is 30.3 Å². The van der Waals surface area contributed by atoms with Crippen LogP contribution in [0.5, 0.6) is 0 Å². The maximum atomic E-state index is 13.1. The predicted octanol–water partition coefficient (Wildman–Crippen LogP) is 3.27. The number of β-lactam (4-membered cyclic amide) rings is 1. The van der Waals surface area contributed by atoms with E-state index in [-0.39, 0.29) is 5.41 Å². The molecule has 0 aromatic heterocycles. The SMILES string of the molecule is O=C1N(C2CCNCC2)[C@@H](c2ccccc2)C12CCCCC2. The van der Waals surface area contributed by atoms with E-state index in [1.807, 2.05) is 0 Å². The maximum Gasteiger partial charge on any atom is 0.232 e. The van der Waals surface area contributed by atoms with Crippen LogP contribution >= 0.6 is 0 Å². The van der Waals surface area contributed by atoms with Crippen molar-refractivity contribution in [2.45, 2.75) is 57.0 Å². The number of piperidine rings is 1. The average Bonchev–Trinajstić information content (AvgIpc) is 2.61. The first-order valence-electron chi connectivity index (χ1n) is 8.91. The summed E-state index contributed by atoms with van der Waals surface area (Å²) in [6.07, 6.45) is 8.12. The highest BCUT2D eigenvalue weighted by Crippen LogP contribution is 2.59. The molecule has 2 aliphatic heterocycles. The molecule has 1 N–H and O–H groups in total. The van der Waals surface area contributed by atoms with Gasteiger partial charge in [-0.15, -0.1) is 0 Å². The Labute approximate surface area is 133 Å². The van der Waals surface area contributed by atoms with Crippen molar-refractivity contribution >= 4 is 5.91 Å². The molecular weight excluding hydrogens is 272 g/mol. The van der Waals surface area contributed by atoms with Gasteiger partial charge >= 0.3 is 0 Å². The summed E-state index contributed by atoms with van der Waals surface area (Å²) < 4.78 is 0. The third-order valence-electron chi connectivity index (χ3n) is 6.03. The van der Waals surface area contributed by atoms with E-state index >= 15 is 0 Å². The summed E-state index contributed by atoms with van der Waals surface area (Å²) in [5.41, 5.74) is 1.27. The first kappa shape index (κ1) is 14.3. The first-order valence-corrected chi connectivity index (χ1v) is 8.91. The van der Waals surface area contributed by atoms with Gasteiger partial charge in [0.15, 0.2) is 0 Å². The largest absolute Gasteiger partial charge is 0.331 e. The van der Waals surface area contributed by atoms with E-state index in [1.54, 1.807) is 0 Å². The number of benzene rings is 1. The lowest BCUT2D eigenvalue weighted by atomic mass is 9.59. The van der Waals surface area contributed by atoms with Crippen LogP contribution in [0.25, 0.3) is 0 Å². The molecule has 1 aliphatic carbocycles. The fraction of sp³-hybridized carbons (Fsp3) is 0.632. The molecule has 3 nitrogen and oxygen atoms in total. The van der Waals surface area contributed by atoms with Crippen LogP contribution in [-0.2, 0) is 4.79 Å². The smallest absolute Gasteiger partial charge is 0.232 e. The van der Waals surface area contributed by atoms with Crippen molar-refractivity contribution in [3.8, 4) is 0 Å². The Balaban J connectivity index is 1.67. The molecule has 0 bridgehead atoms. The van der Waals surface area contributed by atoms with Gasteiger partial charge in [0, 0.05) is 6.04 Å². The van der Waals surface area contributed by atoms with Crippen LogP contribution in [0.3, 0.4) is 0 Å². The number of carbonyl (C=O) groups is 1. The average molecular weight is 298 g/mol. The van der Waals surface area contributed by atoms with Gasteiger partial charge in [0.25, 0.3) is 0 Å². The highest BCUT2D eigenvalue weighted by Gasteiger charge is 2.61. The second-order valence-corrected chi connectivity index (χ2v) is 7.22. The number of hydrogen-bond acceptors (Lipinski definition) is 2. The Morgan fingerprint density at radius 2 is 1.68 bits per heavy atom. The molecule has 1 spiro atoms. The lowest BCUT2D eigenvalue weighted by Gasteiger charge is -2.61. The number of amides is 1. The summed E-state index contributed by atoms with van der Waals surface area (Å²) in [7, 11) is 0. The third kappa shape index (κ3) is 2.10. The van der Waals surface area contributed by atoms with Crippen LogP contribution in [-0.4, -0.2) is 29.9 Å². The molecule has 0 unspecified atom stereocenters. The van der Waals surface area contributed by atoms with Gasteiger partial charge in [-0.25, -0.2) is 0 Å². The number of nitrogens with zero attached hydrogens (tertiary/aromatic N) is 1. The van der Waals surface area contributed by atoms with Gasteiger partial charge in [-0.05, 0) is 44.3 Å². The van der Waals surface area contributed by atoms with Crippen molar-refractivity contribution in [2.75, 3.05) is 13.1 Å². The standard InChI is InChI=1S/C19H26N2O/c22-18-19(11-5-2-6-12-19)17(15-7-3-1-4-8-15)21(18)16-9-13-20-14-10-16/h1,3-4,7-8,16-17,20H,2,5-6,9-14H2/t17-/m0/s1. The Hall–Kier alpha value is -1.35. The quantitative estimate of drug-likeness (QED) is 0.850. The molecule has 0 radical (unpaired) electrons. The number of nitrogens with one attached hydrogen (secondary N) is 1. The summed E-state index contributed by atoms with van der Waals surface area (Å²) in [4.78, 5) is 15.4. The molecule has 3 aliphatic rings. The highest BCUT2D eigenvalue weighted by atomic mass is 16.2. The van der Waals surface area contributed by atoms with Crippen LogP contribution in [0.1, 0.15) is 56.6 Å². The molecule has 1 atom stereocenters. The summed E-state index contributed by atoms with van der Waals surface area (Å²) in [6, 6.07) is 11.5. The molecule has 2 saturated heterocycles. The van der Waals surface area contributed by atoms with Gasteiger partial charge in [-0.2, -0.15) is 0 Å². The summed E-state index contributed by atoms with van der Waals surface area (Å²) in [5.74, 6) is 0.452. The third-order valence-corrected chi connectivity index (χ3v) is 6.03. The molecule has 22 heavy (non-hydrogen) atoms. The zero-order valence-electron chi connectivity index (χ0n) is 13.3. The summed E-state index contributed by atoms with van der Waals surface area (Å²) in [5, 5.41) is 3.42. The molecule has 118 valence electrons. The van der Waals surface area contributed by atoms with Crippen molar-refractivity contribution in [1.29, 1.82) is 0 Å². The normalized spacial score (nSPS) is 28.6. The number of carbonyl (C=O) groups excluding carboxylic acids is 1. The van der Waals surface area contributed by atoms with Crippen LogP contribution in [0, 0.1) is 5.41 Å². The molecule has 1 aromatic carbocycles. The van der Waals surface area contributed by atoms with Crippen LogP contribution in [0.2, 0.25) is 0 Å². The lowest BCUT2D eigenvalue weighted by Crippen LogP contribution is -2.67. The first-order chi connectivity index (χ1) is 10.8. The van der Waals surface area contributed by atoms with E-state index in [0.717, 1.165) is 38.8 Å². The molecule has 4 rings (SSSR count). The highest BCUT2D eigenvalue weighted by molar-refractivity contribution is 5.91. The minimum absolute atomic E-state index is 0.0789. The van der Waals surface area contributed by atoms with Gasteiger partial charge < -0.3 is 10.2 Å². The van der Waals surface area contributed by atoms with E-state index in [1.165, 1.54) is 24.8 Å². The maximum absolute atomic E-state index is 13.1. The number of rotatable bonds is 2. The van der Waals surface area contributed by atoms with E-state index < -0.39 is 0 Å². The zero-order valence-corrected chi connectivity index (χ0v) is 13.3. The zero-order chi connectivity index (χ0) is 15.0. The molecule has 3 heteroatoms. The van der Waals surface area contributed by atoms with E-state index in [9.17, 15) is 4.79 Å². The van der Waals surface area contributed by atoms with Crippen LogP contribution < -0.4 is 5.32 Å². The Morgan fingerprint density at radius 1 is 1.00 bits per heavy atom. The van der Waals surface area contributed by atoms with Gasteiger partial charge in [-0.3, -0.25) is 4.79 Å². The fourth-order valence-corrected chi connectivity index (χ4v) is 4.94. The monoisotopic (exact) mass is 298 g/mol. The van der Waals surface area contributed by atoms with E-state index in [2.05, 4.69) is 40.5 Å². The molecular formula is C19H26N2O. The van der Waals surface area contributed by atoms with Gasteiger partial charge in [0.1, 0.15) is 0 Å². The van der Waals surface area contributed by atoms with Crippen molar-refractivity contribution in [3.05, 3.63) is 35.9 Å². The molecule has 1 amide bonds. The van der Waals surface area contributed by atoms with Crippen molar-refractivity contribution in [1.82, 2.24) is 10.2 Å². The predicted molar refractivity (Wildman–Crippen MR) is 87.4 cm³/mol. The van der Waals surface area contributed by atoms with E-state index in [4.69, 9.17) is 0 Å². The molecule has 1 aromatic rings. The van der Waals surface area contributed by atoms with Crippen molar-refractivity contribution < 1.29 is 4.79 Å². The molecule has 1 saturated carbocycles. The second-order valence-electron chi connectivity index (χ2n) is 7.22. The Bertz CT molecular complexity index is 530. The fourth-order valence-electron chi connectivity index (χ4n) is 4.94. The Kier molecular flexibility index (Phi) is 3.69. The second kappa shape index (κ2) is 5.69. The minimum Gasteiger partial charge on any atom is -0.331 e. The number of hydrogen-bond donors (Lipinski definition) is 1. The molecule has 2 heterocycles. The van der Waals surface area contributed by atoms with Gasteiger partial charge in [0.2, 0.25) is 5.91 Å². The van der Waals surface area contributed by atoms with Crippen LogP contribution in [0.4, 0.5) is 0 Å². The Morgan fingerprint density at radius 3 is 2.36 bits per heavy atom. The summed E-state index contributed by atoms with van der Waals surface area (Å²) in [6.45, 7) is 2.09. The van der Waals surface area contributed by atoms with E-state index in [0.29, 0.717) is 18.0 Å². The minimum atomic E-state index is -0.0789. The van der Waals surface area contributed by atoms with Crippen molar-refractivity contribution in [3.63, 3.8) is 0 Å². The number of likely N-dealkylation sites (tertiary alicyclic amines) is 1. The van der Waals surface area contributed by atoms with Gasteiger partial charge in [-0.1, -0.05) is 49.6 Å². The summed E-state index contributed by atoms with van der Waals surface area (Å²) >= 11 is 0. The molecule has 3 fully saturated rings. The topological polar surface area (TPSA) is 32.3 Å². The van der Waals surface area contributed by atoms with Crippen molar-refractivity contribution in [2.24, 2.45) is 5.41 Å².